The van der Waals surface area contributed by atoms with Crippen molar-refractivity contribution in [3.63, 3.8) is 0 Å². The molecule has 1 fully saturated rings. The summed E-state index contributed by atoms with van der Waals surface area (Å²) in [6.07, 6.45) is 5.58. The number of ether oxygens (including phenoxy) is 2. The van der Waals surface area contributed by atoms with Gasteiger partial charge in [0.05, 0.1) is 24.5 Å². The lowest BCUT2D eigenvalue weighted by atomic mass is 10.1. The Morgan fingerprint density at radius 3 is 2.74 bits per heavy atom. The van der Waals surface area contributed by atoms with Gasteiger partial charge in [-0.15, -0.1) is 0 Å². The second kappa shape index (κ2) is 9.45. The highest BCUT2D eigenvalue weighted by Crippen LogP contribution is 2.27. The van der Waals surface area contributed by atoms with Crippen molar-refractivity contribution in [1.82, 2.24) is 15.0 Å². The van der Waals surface area contributed by atoms with Gasteiger partial charge in [-0.1, -0.05) is 6.07 Å². The Balaban J connectivity index is 1.52. The minimum Gasteiger partial charge on any atom is -0.489 e. The SMILES string of the molecule is CC(=O)c1ccc(Cc2nccc(-c3ccc(OC4CCOCC4)c(C#N)c3)n2)cn1. The molecule has 0 radical (unpaired) electrons. The summed E-state index contributed by atoms with van der Waals surface area (Å²) in [6, 6.07) is 13.1. The van der Waals surface area contributed by atoms with E-state index in [1.807, 2.05) is 24.3 Å². The van der Waals surface area contributed by atoms with E-state index in [2.05, 4.69) is 21.0 Å². The summed E-state index contributed by atoms with van der Waals surface area (Å²) in [5.74, 6) is 1.15. The van der Waals surface area contributed by atoms with Gasteiger partial charge in [-0.2, -0.15) is 5.26 Å². The van der Waals surface area contributed by atoms with Crippen molar-refractivity contribution in [3.8, 4) is 23.1 Å². The van der Waals surface area contributed by atoms with Crippen molar-refractivity contribution < 1.29 is 14.3 Å². The van der Waals surface area contributed by atoms with E-state index in [0.29, 0.717) is 42.5 Å². The van der Waals surface area contributed by atoms with Crippen molar-refractivity contribution in [3.05, 3.63) is 71.4 Å². The van der Waals surface area contributed by atoms with Crippen molar-refractivity contribution in [2.45, 2.75) is 32.3 Å². The molecule has 7 nitrogen and oxygen atoms in total. The van der Waals surface area contributed by atoms with Crippen LogP contribution in [0, 0.1) is 11.3 Å². The summed E-state index contributed by atoms with van der Waals surface area (Å²) in [7, 11) is 0. The van der Waals surface area contributed by atoms with Crippen molar-refractivity contribution in [1.29, 1.82) is 5.26 Å². The van der Waals surface area contributed by atoms with Crippen LogP contribution >= 0.6 is 0 Å². The number of nitriles is 1. The van der Waals surface area contributed by atoms with Crippen LogP contribution < -0.4 is 4.74 Å². The number of hydrogen-bond donors (Lipinski definition) is 0. The molecule has 1 saturated heterocycles. The molecular weight excluding hydrogens is 392 g/mol. The van der Waals surface area contributed by atoms with E-state index in [1.165, 1.54) is 6.92 Å². The number of hydrogen-bond acceptors (Lipinski definition) is 7. The van der Waals surface area contributed by atoms with Gasteiger partial charge in [-0.3, -0.25) is 9.78 Å². The van der Waals surface area contributed by atoms with E-state index >= 15 is 0 Å². The fraction of sp³-hybridized carbons (Fsp3) is 0.292. The molecule has 3 aromatic rings. The Labute approximate surface area is 180 Å². The molecule has 31 heavy (non-hydrogen) atoms. The van der Waals surface area contributed by atoms with Crippen LogP contribution in [-0.4, -0.2) is 40.1 Å². The van der Waals surface area contributed by atoms with Crippen LogP contribution in [0.25, 0.3) is 11.3 Å². The van der Waals surface area contributed by atoms with E-state index in [-0.39, 0.29) is 11.9 Å². The van der Waals surface area contributed by atoms with Gasteiger partial charge >= 0.3 is 0 Å². The Morgan fingerprint density at radius 1 is 1.19 bits per heavy atom. The van der Waals surface area contributed by atoms with Gasteiger partial charge in [0.2, 0.25) is 0 Å². The predicted molar refractivity (Wildman–Crippen MR) is 114 cm³/mol. The highest BCUT2D eigenvalue weighted by atomic mass is 16.5. The van der Waals surface area contributed by atoms with E-state index in [4.69, 9.17) is 9.47 Å². The van der Waals surface area contributed by atoms with Crippen LogP contribution in [0.4, 0.5) is 0 Å². The second-order valence-corrected chi connectivity index (χ2v) is 7.40. The monoisotopic (exact) mass is 414 g/mol. The maximum Gasteiger partial charge on any atom is 0.178 e. The Kier molecular flexibility index (Phi) is 6.29. The number of pyridine rings is 1. The van der Waals surface area contributed by atoms with Crippen LogP contribution in [0.15, 0.2) is 48.8 Å². The molecule has 2 aromatic heterocycles. The number of aromatic nitrogens is 3. The first kappa shape index (κ1) is 20.6. The first-order valence-corrected chi connectivity index (χ1v) is 10.2. The number of carbonyl (C=O) groups is 1. The normalized spacial score (nSPS) is 14.1. The molecule has 0 atom stereocenters. The smallest absolute Gasteiger partial charge is 0.178 e. The molecule has 0 N–H and O–H groups in total. The molecule has 3 heterocycles. The maximum atomic E-state index is 11.4. The predicted octanol–water partition coefficient (Wildman–Crippen LogP) is 3.76. The maximum absolute atomic E-state index is 11.4. The topological polar surface area (TPSA) is 98.0 Å². The van der Waals surface area contributed by atoms with E-state index in [1.54, 1.807) is 24.5 Å². The quantitative estimate of drug-likeness (QED) is 0.566. The number of rotatable bonds is 6. The van der Waals surface area contributed by atoms with E-state index in [0.717, 1.165) is 29.7 Å². The average molecular weight is 414 g/mol. The zero-order valence-corrected chi connectivity index (χ0v) is 17.2. The summed E-state index contributed by atoms with van der Waals surface area (Å²) in [4.78, 5) is 24.5. The van der Waals surface area contributed by atoms with Crippen LogP contribution in [0.3, 0.4) is 0 Å². The molecule has 0 spiro atoms. The minimum absolute atomic E-state index is 0.0673. The Hall–Kier alpha value is -3.63. The van der Waals surface area contributed by atoms with Crippen molar-refractivity contribution in [2.24, 2.45) is 0 Å². The van der Waals surface area contributed by atoms with Gasteiger partial charge in [0.15, 0.2) is 5.78 Å². The third-order valence-corrected chi connectivity index (χ3v) is 5.11. The summed E-state index contributed by atoms with van der Waals surface area (Å²) < 4.78 is 11.4. The molecule has 4 rings (SSSR count). The fourth-order valence-corrected chi connectivity index (χ4v) is 3.42. The molecule has 0 aliphatic carbocycles. The molecule has 1 aliphatic rings. The zero-order chi connectivity index (χ0) is 21.6. The lowest BCUT2D eigenvalue weighted by molar-refractivity contribution is 0.0254. The van der Waals surface area contributed by atoms with Gasteiger partial charge in [0, 0.05) is 44.1 Å². The number of Topliss-reactive ketones (excluding diaryl/α,β-unsaturated/α-hetero) is 1. The first-order valence-electron chi connectivity index (χ1n) is 10.2. The van der Waals surface area contributed by atoms with E-state index in [9.17, 15) is 10.1 Å². The fourth-order valence-electron chi connectivity index (χ4n) is 3.42. The van der Waals surface area contributed by atoms with Crippen LogP contribution in [0.1, 0.15) is 47.2 Å². The summed E-state index contributed by atoms with van der Waals surface area (Å²) in [5.41, 5.74) is 3.38. The molecule has 156 valence electrons. The molecule has 0 unspecified atom stereocenters. The second-order valence-electron chi connectivity index (χ2n) is 7.40. The third kappa shape index (κ3) is 5.11. The van der Waals surface area contributed by atoms with Gasteiger partial charge in [0.1, 0.15) is 29.4 Å². The summed E-state index contributed by atoms with van der Waals surface area (Å²) in [5, 5.41) is 9.61. The van der Waals surface area contributed by atoms with Crippen LogP contribution in [0.2, 0.25) is 0 Å². The number of ketones is 1. The van der Waals surface area contributed by atoms with E-state index < -0.39 is 0 Å². The average Bonchev–Trinajstić information content (AvgIpc) is 2.80. The molecule has 1 aliphatic heterocycles. The molecule has 0 saturated carbocycles. The molecule has 0 bridgehead atoms. The zero-order valence-electron chi connectivity index (χ0n) is 17.2. The number of benzene rings is 1. The largest absolute Gasteiger partial charge is 0.489 e. The highest BCUT2D eigenvalue weighted by Gasteiger charge is 2.17. The lowest BCUT2D eigenvalue weighted by Gasteiger charge is -2.23. The standard InChI is InChI=1S/C24H22N4O3/c1-16(29)21-4-2-17(15-27-21)12-24-26-9-6-22(28-24)18-3-5-23(19(13-18)14-25)31-20-7-10-30-11-8-20/h2-6,9,13,15,20H,7-8,10-12H2,1H3. The first-order chi connectivity index (χ1) is 15.1. The van der Waals surface area contributed by atoms with Gasteiger partial charge in [0.25, 0.3) is 0 Å². The van der Waals surface area contributed by atoms with Crippen molar-refractivity contribution in [2.75, 3.05) is 13.2 Å². The van der Waals surface area contributed by atoms with Crippen LogP contribution in [-0.2, 0) is 11.2 Å². The van der Waals surface area contributed by atoms with Gasteiger partial charge in [-0.05, 0) is 35.9 Å². The highest BCUT2D eigenvalue weighted by molar-refractivity contribution is 5.91. The molecule has 7 heteroatoms. The van der Waals surface area contributed by atoms with Crippen molar-refractivity contribution >= 4 is 5.78 Å². The Bertz CT molecular complexity index is 1120. The number of carbonyl (C=O) groups excluding carboxylic acids is 1. The van der Waals surface area contributed by atoms with Gasteiger partial charge < -0.3 is 9.47 Å². The third-order valence-electron chi connectivity index (χ3n) is 5.11. The summed E-state index contributed by atoms with van der Waals surface area (Å²) >= 11 is 0. The Morgan fingerprint density at radius 2 is 2.03 bits per heavy atom. The summed E-state index contributed by atoms with van der Waals surface area (Å²) in [6.45, 7) is 2.85. The minimum atomic E-state index is -0.0673. The van der Waals surface area contributed by atoms with Gasteiger partial charge in [-0.25, -0.2) is 9.97 Å². The lowest BCUT2D eigenvalue weighted by Crippen LogP contribution is -2.26. The number of nitrogens with zero attached hydrogens (tertiary/aromatic N) is 4. The molecular formula is C24H22N4O3. The molecule has 1 aromatic carbocycles. The molecule has 0 amide bonds. The van der Waals surface area contributed by atoms with Crippen LogP contribution in [0.5, 0.6) is 5.75 Å².